The molecule has 1 heterocycles. The number of carbonyl (C=O) groups excluding carboxylic acids is 1. The summed E-state index contributed by atoms with van der Waals surface area (Å²) in [6.45, 7) is 1.67. The zero-order valence-electron chi connectivity index (χ0n) is 8.02. The molecule has 0 spiro atoms. The van der Waals surface area contributed by atoms with Crippen LogP contribution >= 0.6 is 0 Å². The van der Waals surface area contributed by atoms with E-state index in [9.17, 15) is 4.79 Å². The molecule has 4 nitrogen and oxygen atoms in total. The first-order chi connectivity index (χ1) is 6.70. The lowest BCUT2D eigenvalue weighted by Gasteiger charge is -2.18. The summed E-state index contributed by atoms with van der Waals surface area (Å²) < 4.78 is 5.04. The molecule has 1 aliphatic carbocycles. The number of rotatable bonds is 1. The first kappa shape index (κ1) is 8.87. The van der Waals surface area contributed by atoms with Gasteiger partial charge in [-0.2, -0.15) is 0 Å². The minimum absolute atomic E-state index is 0.119. The second-order valence-corrected chi connectivity index (χ2v) is 3.11. The molecule has 0 radical (unpaired) electrons. The monoisotopic (exact) mass is 190 g/mol. The second-order valence-electron chi connectivity index (χ2n) is 3.11. The lowest BCUT2D eigenvalue weighted by molar-refractivity contribution is -0.111. The standard InChI is InChI=1S/C10H10N2O2/c1-6-10(13)12-9-5-7(14-2)3-4-8(9)11-6/h3-5,8H,1-2H3. The van der Waals surface area contributed by atoms with Gasteiger partial charge >= 0.3 is 0 Å². The van der Waals surface area contributed by atoms with Crippen molar-refractivity contribution >= 4 is 17.3 Å². The van der Waals surface area contributed by atoms with Crippen LogP contribution in [0.4, 0.5) is 0 Å². The molecule has 72 valence electrons. The molecule has 0 aromatic carbocycles. The van der Waals surface area contributed by atoms with Gasteiger partial charge in [0.1, 0.15) is 11.8 Å². The van der Waals surface area contributed by atoms with Crippen molar-refractivity contribution in [1.29, 1.82) is 0 Å². The third-order valence-corrected chi connectivity index (χ3v) is 2.14. The molecular weight excluding hydrogens is 180 g/mol. The molecule has 0 bridgehead atoms. The first-order valence-corrected chi connectivity index (χ1v) is 4.32. The average Bonchev–Trinajstić information content (AvgIpc) is 2.19. The van der Waals surface area contributed by atoms with Crippen LogP contribution in [0.25, 0.3) is 0 Å². The van der Waals surface area contributed by atoms with Gasteiger partial charge in [0.25, 0.3) is 5.91 Å². The van der Waals surface area contributed by atoms with Crippen molar-refractivity contribution in [3.05, 3.63) is 24.0 Å². The van der Waals surface area contributed by atoms with Crippen molar-refractivity contribution in [2.75, 3.05) is 7.11 Å². The number of amides is 1. The van der Waals surface area contributed by atoms with Crippen LogP contribution in [0.15, 0.2) is 34.0 Å². The molecule has 0 saturated carbocycles. The van der Waals surface area contributed by atoms with E-state index >= 15 is 0 Å². The zero-order chi connectivity index (χ0) is 10.1. The zero-order valence-corrected chi connectivity index (χ0v) is 8.02. The minimum Gasteiger partial charge on any atom is -0.497 e. The lowest BCUT2D eigenvalue weighted by Crippen LogP contribution is -2.28. The number of methoxy groups -OCH3 is 1. The number of aliphatic imine (C=N–C) groups is 2. The average molecular weight is 190 g/mol. The Labute approximate surface area is 81.7 Å². The van der Waals surface area contributed by atoms with Gasteiger partial charge in [-0.25, -0.2) is 4.99 Å². The molecule has 1 amide bonds. The Balaban J connectivity index is 2.36. The predicted octanol–water partition coefficient (Wildman–Crippen LogP) is 0.897. The van der Waals surface area contributed by atoms with Crippen molar-refractivity contribution in [2.45, 2.75) is 13.0 Å². The van der Waals surface area contributed by atoms with Crippen LogP contribution in [0.2, 0.25) is 0 Å². The highest BCUT2D eigenvalue weighted by molar-refractivity contribution is 6.42. The van der Waals surface area contributed by atoms with E-state index in [1.165, 1.54) is 0 Å². The second kappa shape index (κ2) is 3.21. The first-order valence-electron chi connectivity index (χ1n) is 4.32. The van der Waals surface area contributed by atoms with Crippen LogP contribution in [0, 0.1) is 0 Å². The third kappa shape index (κ3) is 1.39. The fraction of sp³-hybridized carbons (Fsp3) is 0.300. The van der Waals surface area contributed by atoms with E-state index in [0.29, 0.717) is 17.2 Å². The molecule has 0 N–H and O–H groups in total. The van der Waals surface area contributed by atoms with Crippen LogP contribution in [-0.2, 0) is 9.53 Å². The maximum atomic E-state index is 11.2. The van der Waals surface area contributed by atoms with Crippen LogP contribution in [-0.4, -0.2) is 30.5 Å². The molecule has 1 aliphatic heterocycles. The number of nitrogens with zero attached hydrogens (tertiary/aromatic N) is 2. The fourth-order valence-electron chi connectivity index (χ4n) is 1.36. The minimum atomic E-state index is -0.266. The Kier molecular flexibility index (Phi) is 2.04. The molecule has 0 aromatic heterocycles. The predicted molar refractivity (Wildman–Crippen MR) is 53.6 cm³/mol. The van der Waals surface area contributed by atoms with Crippen LogP contribution in [0.3, 0.4) is 0 Å². The number of carbonyl (C=O) groups is 1. The third-order valence-electron chi connectivity index (χ3n) is 2.14. The van der Waals surface area contributed by atoms with Gasteiger partial charge in [-0.3, -0.25) is 9.79 Å². The molecule has 4 heteroatoms. The van der Waals surface area contributed by atoms with Gasteiger partial charge in [0.15, 0.2) is 0 Å². The molecule has 1 atom stereocenters. The quantitative estimate of drug-likeness (QED) is 0.616. The number of fused-ring (bicyclic) bond motifs is 1. The Hall–Kier alpha value is -1.71. The number of hydrogen-bond donors (Lipinski definition) is 0. The normalized spacial score (nSPS) is 24.9. The van der Waals surface area contributed by atoms with E-state index in [-0.39, 0.29) is 11.9 Å². The summed E-state index contributed by atoms with van der Waals surface area (Å²) in [5, 5.41) is 0. The van der Waals surface area contributed by atoms with Gasteiger partial charge in [-0.1, -0.05) is 6.08 Å². The highest BCUT2D eigenvalue weighted by Crippen LogP contribution is 2.15. The summed E-state index contributed by atoms with van der Waals surface area (Å²) in [5.74, 6) is 0.431. The maximum Gasteiger partial charge on any atom is 0.290 e. The Morgan fingerprint density at radius 2 is 2.29 bits per heavy atom. The lowest BCUT2D eigenvalue weighted by atomic mass is 10.0. The Morgan fingerprint density at radius 3 is 3.00 bits per heavy atom. The van der Waals surface area contributed by atoms with Gasteiger partial charge in [0.05, 0.1) is 18.5 Å². The van der Waals surface area contributed by atoms with Gasteiger partial charge < -0.3 is 4.74 Å². The van der Waals surface area contributed by atoms with E-state index in [0.717, 1.165) is 0 Å². The Bertz CT molecular complexity index is 402. The Morgan fingerprint density at radius 1 is 1.50 bits per heavy atom. The molecule has 0 aromatic rings. The molecule has 2 aliphatic rings. The number of hydrogen-bond acceptors (Lipinski definition) is 3. The molecule has 0 saturated heterocycles. The van der Waals surface area contributed by atoms with Gasteiger partial charge in [0, 0.05) is 6.08 Å². The van der Waals surface area contributed by atoms with Gasteiger partial charge in [-0.05, 0) is 13.0 Å². The molecule has 2 rings (SSSR count). The highest BCUT2D eigenvalue weighted by Gasteiger charge is 2.22. The molecular formula is C10H10N2O2. The summed E-state index contributed by atoms with van der Waals surface area (Å²) in [6.07, 6.45) is 5.43. The van der Waals surface area contributed by atoms with Crippen molar-refractivity contribution in [2.24, 2.45) is 9.98 Å². The van der Waals surface area contributed by atoms with E-state index in [2.05, 4.69) is 9.98 Å². The van der Waals surface area contributed by atoms with E-state index in [4.69, 9.17) is 4.74 Å². The van der Waals surface area contributed by atoms with E-state index in [1.54, 1.807) is 20.1 Å². The summed E-state index contributed by atoms with van der Waals surface area (Å²) >= 11 is 0. The SMILES string of the molecule is COC1=CC2=NC(=O)C(C)=NC2C=C1. The summed E-state index contributed by atoms with van der Waals surface area (Å²) in [4.78, 5) is 19.4. The van der Waals surface area contributed by atoms with Gasteiger partial charge in [0.2, 0.25) is 0 Å². The van der Waals surface area contributed by atoms with E-state index in [1.807, 2.05) is 12.2 Å². The van der Waals surface area contributed by atoms with Crippen LogP contribution in [0.1, 0.15) is 6.92 Å². The van der Waals surface area contributed by atoms with Crippen LogP contribution in [0.5, 0.6) is 0 Å². The number of allylic oxidation sites excluding steroid dienone is 1. The molecule has 0 fully saturated rings. The van der Waals surface area contributed by atoms with Crippen molar-refractivity contribution < 1.29 is 9.53 Å². The molecule has 1 unspecified atom stereocenters. The largest absolute Gasteiger partial charge is 0.497 e. The maximum absolute atomic E-state index is 11.2. The smallest absolute Gasteiger partial charge is 0.290 e. The van der Waals surface area contributed by atoms with Gasteiger partial charge in [-0.15, -0.1) is 0 Å². The fourth-order valence-corrected chi connectivity index (χ4v) is 1.36. The van der Waals surface area contributed by atoms with E-state index < -0.39 is 0 Å². The van der Waals surface area contributed by atoms with Crippen molar-refractivity contribution in [3.8, 4) is 0 Å². The van der Waals surface area contributed by atoms with Crippen LogP contribution < -0.4 is 0 Å². The summed E-state index contributed by atoms with van der Waals surface area (Å²) in [6, 6.07) is -0.119. The highest BCUT2D eigenvalue weighted by atomic mass is 16.5. The molecule has 14 heavy (non-hydrogen) atoms. The summed E-state index contributed by atoms with van der Waals surface area (Å²) in [5.41, 5.74) is 1.11. The topological polar surface area (TPSA) is 51.0 Å². The van der Waals surface area contributed by atoms with Crippen molar-refractivity contribution in [3.63, 3.8) is 0 Å². The summed E-state index contributed by atoms with van der Waals surface area (Å²) in [7, 11) is 1.58. The number of ether oxygens (including phenoxy) is 1. The van der Waals surface area contributed by atoms with Crippen molar-refractivity contribution in [1.82, 2.24) is 0 Å².